The number of hydrogen-bond acceptors (Lipinski definition) is 6. The predicted molar refractivity (Wildman–Crippen MR) is 77.9 cm³/mol. The molecule has 22 heavy (non-hydrogen) atoms. The molecule has 3 heterocycles. The van der Waals surface area contributed by atoms with Gasteiger partial charge in [0.1, 0.15) is 6.54 Å². The van der Waals surface area contributed by atoms with Gasteiger partial charge in [-0.3, -0.25) is 9.69 Å². The Morgan fingerprint density at radius 3 is 2.73 bits per heavy atom. The van der Waals surface area contributed by atoms with Crippen LogP contribution in [-0.2, 0) is 16.1 Å². The molecule has 1 aromatic rings. The zero-order chi connectivity index (χ0) is 15.4. The number of aromatic nitrogens is 3. The van der Waals surface area contributed by atoms with Crippen molar-refractivity contribution in [1.29, 1.82) is 0 Å². The van der Waals surface area contributed by atoms with Crippen molar-refractivity contribution >= 4 is 5.91 Å². The van der Waals surface area contributed by atoms with Gasteiger partial charge in [-0.2, -0.15) is 0 Å². The summed E-state index contributed by atoms with van der Waals surface area (Å²) < 4.78 is 6.90. The van der Waals surface area contributed by atoms with Crippen molar-refractivity contribution in [2.24, 2.45) is 11.8 Å². The lowest BCUT2D eigenvalue weighted by atomic mass is 9.96. The van der Waals surface area contributed by atoms with Crippen LogP contribution in [0, 0.1) is 11.8 Å². The van der Waals surface area contributed by atoms with Gasteiger partial charge >= 0.3 is 0 Å². The Bertz CT molecular complexity index is 475. The third-order valence-electron chi connectivity index (χ3n) is 4.53. The molecule has 2 atom stereocenters. The number of carbonyl (C=O) groups is 1. The van der Waals surface area contributed by atoms with Gasteiger partial charge < -0.3 is 14.7 Å². The van der Waals surface area contributed by atoms with E-state index in [1.807, 2.05) is 4.90 Å². The van der Waals surface area contributed by atoms with Gasteiger partial charge in [0, 0.05) is 51.4 Å². The third kappa shape index (κ3) is 3.63. The molecule has 8 heteroatoms. The van der Waals surface area contributed by atoms with Crippen molar-refractivity contribution in [1.82, 2.24) is 24.8 Å². The van der Waals surface area contributed by atoms with Crippen LogP contribution in [0.15, 0.2) is 12.4 Å². The van der Waals surface area contributed by atoms with Crippen molar-refractivity contribution < 1.29 is 14.6 Å². The topological polar surface area (TPSA) is 83.7 Å². The lowest BCUT2D eigenvalue weighted by Gasteiger charge is -2.30. The monoisotopic (exact) mass is 309 g/mol. The lowest BCUT2D eigenvalue weighted by Crippen LogP contribution is -2.41. The minimum absolute atomic E-state index is 0.0356. The minimum atomic E-state index is 0.0356. The SMILES string of the molecule is O=C(Cn1ccnn1)N1C[C@@H](CO)[C@@H](CN2CCOCC2)C1. The molecule has 2 saturated heterocycles. The van der Waals surface area contributed by atoms with Crippen LogP contribution in [0.2, 0.25) is 0 Å². The van der Waals surface area contributed by atoms with Gasteiger partial charge in [0.2, 0.25) is 5.91 Å². The first-order chi connectivity index (χ1) is 10.8. The highest BCUT2D eigenvalue weighted by Crippen LogP contribution is 2.24. The first kappa shape index (κ1) is 15.4. The van der Waals surface area contributed by atoms with Crippen LogP contribution in [0.5, 0.6) is 0 Å². The van der Waals surface area contributed by atoms with Crippen LogP contribution in [0.1, 0.15) is 0 Å². The van der Waals surface area contributed by atoms with E-state index >= 15 is 0 Å². The molecular formula is C14H23N5O3. The van der Waals surface area contributed by atoms with Crippen molar-refractivity contribution in [3.8, 4) is 0 Å². The second-order valence-corrected chi connectivity index (χ2v) is 6.02. The molecule has 2 aliphatic heterocycles. The summed E-state index contributed by atoms with van der Waals surface area (Å²) in [5.74, 6) is 0.513. The van der Waals surface area contributed by atoms with Gasteiger partial charge in [0.25, 0.3) is 0 Å². The Balaban J connectivity index is 1.55. The van der Waals surface area contributed by atoms with E-state index in [4.69, 9.17) is 4.74 Å². The maximum Gasteiger partial charge on any atom is 0.244 e. The normalized spacial score (nSPS) is 26.5. The van der Waals surface area contributed by atoms with E-state index in [0.29, 0.717) is 19.0 Å². The zero-order valence-electron chi connectivity index (χ0n) is 12.7. The highest BCUT2D eigenvalue weighted by Gasteiger charge is 2.35. The predicted octanol–water partition coefficient (Wildman–Crippen LogP) is -1.32. The Labute approximate surface area is 129 Å². The summed E-state index contributed by atoms with van der Waals surface area (Å²) in [6.45, 7) is 5.99. The maximum absolute atomic E-state index is 12.3. The number of nitrogens with zero attached hydrogens (tertiary/aromatic N) is 5. The van der Waals surface area contributed by atoms with Crippen molar-refractivity contribution in [2.75, 3.05) is 52.5 Å². The maximum atomic E-state index is 12.3. The second-order valence-electron chi connectivity index (χ2n) is 6.02. The van der Waals surface area contributed by atoms with E-state index in [9.17, 15) is 9.90 Å². The van der Waals surface area contributed by atoms with Gasteiger partial charge in [-0.15, -0.1) is 5.10 Å². The van der Waals surface area contributed by atoms with Gasteiger partial charge in [-0.1, -0.05) is 5.21 Å². The van der Waals surface area contributed by atoms with E-state index in [1.54, 1.807) is 12.4 Å². The van der Waals surface area contributed by atoms with E-state index in [0.717, 1.165) is 32.8 Å². The van der Waals surface area contributed by atoms with E-state index < -0.39 is 0 Å². The standard InChI is InChI=1S/C14H23N5O3/c20-11-13-9-18(14(21)10-19-2-1-15-16-19)8-12(13)7-17-3-5-22-6-4-17/h1-2,12-13,20H,3-11H2/t12-,13-/m0/s1. The number of aliphatic hydroxyl groups excluding tert-OH is 1. The molecule has 3 rings (SSSR count). The number of rotatable bonds is 5. The zero-order valence-corrected chi connectivity index (χ0v) is 12.7. The van der Waals surface area contributed by atoms with Crippen molar-refractivity contribution in [2.45, 2.75) is 6.54 Å². The first-order valence-corrected chi connectivity index (χ1v) is 7.79. The molecule has 1 amide bonds. The molecule has 0 unspecified atom stereocenters. The molecule has 1 aromatic heterocycles. The molecule has 0 saturated carbocycles. The van der Waals surface area contributed by atoms with Crippen LogP contribution in [0.3, 0.4) is 0 Å². The molecule has 2 aliphatic rings. The Morgan fingerprint density at radius 2 is 2.05 bits per heavy atom. The van der Waals surface area contributed by atoms with Crippen LogP contribution >= 0.6 is 0 Å². The number of likely N-dealkylation sites (tertiary alicyclic amines) is 1. The smallest absolute Gasteiger partial charge is 0.244 e. The molecule has 122 valence electrons. The first-order valence-electron chi connectivity index (χ1n) is 7.79. The molecule has 0 bridgehead atoms. The fraction of sp³-hybridized carbons (Fsp3) is 0.786. The Kier molecular flexibility index (Phi) is 5.01. The number of ether oxygens (including phenoxy) is 1. The van der Waals surface area contributed by atoms with E-state index in [1.165, 1.54) is 4.68 Å². The summed E-state index contributed by atoms with van der Waals surface area (Å²) >= 11 is 0. The highest BCUT2D eigenvalue weighted by atomic mass is 16.5. The molecule has 0 aromatic carbocycles. The summed E-state index contributed by atoms with van der Waals surface area (Å²) in [4.78, 5) is 16.5. The van der Waals surface area contributed by atoms with Crippen LogP contribution in [-0.4, -0.2) is 88.4 Å². The molecule has 0 spiro atoms. The van der Waals surface area contributed by atoms with Gasteiger partial charge in [0.15, 0.2) is 0 Å². The minimum Gasteiger partial charge on any atom is -0.396 e. The number of aliphatic hydroxyl groups is 1. The number of amides is 1. The summed E-state index contributed by atoms with van der Waals surface area (Å²) in [6, 6.07) is 0. The van der Waals surface area contributed by atoms with Gasteiger partial charge in [-0.05, 0) is 5.92 Å². The van der Waals surface area contributed by atoms with Crippen molar-refractivity contribution in [3.05, 3.63) is 12.4 Å². The molecule has 0 aliphatic carbocycles. The van der Waals surface area contributed by atoms with Crippen LogP contribution in [0.25, 0.3) is 0 Å². The highest BCUT2D eigenvalue weighted by molar-refractivity contribution is 5.76. The van der Waals surface area contributed by atoms with Crippen LogP contribution in [0.4, 0.5) is 0 Å². The molecule has 8 nitrogen and oxygen atoms in total. The molecule has 0 radical (unpaired) electrons. The fourth-order valence-electron chi connectivity index (χ4n) is 3.23. The Hall–Kier alpha value is -1.51. The fourth-order valence-corrected chi connectivity index (χ4v) is 3.23. The van der Waals surface area contributed by atoms with Gasteiger partial charge in [0.05, 0.1) is 19.4 Å². The van der Waals surface area contributed by atoms with Gasteiger partial charge in [-0.25, -0.2) is 4.68 Å². The summed E-state index contributed by atoms with van der Waals surface area (Å²) in [5, 5.41) is 17.1. The third-order valence-corrected chi connectivity index (χ3v) is 4.53. The summed E-state index contributed by atoms with van der Waals surface area (Å²) in [5.41, 5.74) is 0. The molecule has 2 fully saturated rings. The number of hydrogen-bond donors (Lipinski definition) is 1. The van der Waals surface area contributed by atoms with Crippen LogP contribution < -0.4 is 0 Å². The molecule has 1 N–H and O–H groups in total. The number of carbonyl (C=O) groups excluding carboxylic acids is 1. The van der Waals surface area contributed by atoms with Crippen molar-refractivity contribution in [3.63, 3.8) is 0 Å². The van der Waals surface area contributed by atoms with E-state index in [-0.39, 0.29) is 25.0 Å². The number of morpholine rings is 1. The second kappa shape index (κ2) is 7.17. The van der Waals surface area contributed by atoms with E-state index in [2.05, 4.69) is 15.2 Å². The molecular weight excluding hydrogens is 286 g/mol. The average molecular weight is 309 g/mol. The Morgan fingerprint density at radius 1 is 1.27 bits per heavy atom. The summed E-state index contributed by atoms with van der Waals surface area (Å²) in [6.07, 6.45) is 3.25. The largest absolute Gasteiger partial charge is 0.396 e. The average Bonchev–Trinajstić information content (AvgIpc) is 3.18. The quantitative estimate of drug-likeness (QED) is 0.726. The lowest BCUT2D eigenvalue weighted by molar-refractivity contribution is -0.131. The summed E-state index contributed by atoms with van der Waals surface area (Å²) in [7, 11) is 0.